The highest BCUT2D eigenvalue weighted by molar-refractivity contribution is 5.87. The van der Waals surface area contributed by atoms with E-state index < -0.39 is 5.97 Å². The van der Waals surface area contributed by atoms with Crippen LogP contribution in [-0.2, 0) is 4.79 Å². The topological polar surface area (TPSA) is 57.5 Å². The van der Waals surface area contributed by atoms with E-state index in [1.807, 2.05) is 0 Å². The fraction of sp³-hybridized carbons (Fsp3) is 0.788. The van der Waals surface area contributed by atoms with Crippen molar-refractivity contribution in [1.29, 1.82) is 0 Å². The van der Waals surface area contributed by atoms with Gasteiger partial charge in [0.1, 0.15) is 0 Å². The molecule has 4 saturated carbocycles. The second-order valence-corrected chi connectivity index (χ2v) is 14.8. The molecule has 0 aromatic rings. The van der Waals surface area contributed by atoms with Crippen molar-refractivity contribution in [2.24, 2.45) is 56.7 Å². The summed E-state index contributed by atoms with van der Waals surface area (Å²) < 4.78 is 0. The molecule has 0 aliphatic heterocycles. The minimum absolute atomic E-state index is 0.103. The van der Waals surface area contributed by atoms with Crippen LogP contribution < -0.4 is 0 Å². The highest BCUT2D eigenvalue weighted by Crippen LogP contribution is 2.77. The van der Waals surface area contributed by atoms with Crippen LogP contribution in [0.3, 0.4) is 0 Å². The monoisotopic (exact) mass is 492 g/mol. The van der Waals surface area contributed by atoms with Gasteiger partial charge in [0.05, 0.1) is 0 Å². The van der Waals surface area contributed by atoms with E-state index in [2.05, 4.69) is 66.0 Å². The fourth-order valence-electron chi connectivity index (χ4n) is 11.5. The molecule has 198 valence electrons. The molecule has 3 nitrogen and oxygen atoms in total. The van der Waals surface area contributed by atoms with E-state index in [9.17, 15) is 9.90 Å². The van der Waals surface area contributed by atoms with Crippen LogP contribution in [-0.4, -0.2) is 22.8 Å². The van der Waals surface area contributed by atoms with Crippen molar-refractivity contribution in [3.8, 4) is 11.8 Å². The van der Waals surface area contributed by atoms with Crippen molar-refractivity contribution in [2.75, 3.05) is 6.61 Å². The van der Waals surface area contributed by atoms with Gasteiger partial charge in [0.2, 0.25) is 0 Å². The van der Waals surface area contributed by atoms with Crippen LogP contribution in [0, 0.1) is 68.5 Å². The second kappa shape index (κ2) is 8.23. The summed E-state index contributed by atoms with van der Waals surface area (Å²) in [5.74, 6) is 7.34. The first-order valence-electron chi connectivity index (χ1n) is 14.5. The number of hydrogen-bond donors (Lipinski definition) is 2. The average Bonchev–Trinajstić information content (AvgIpc) is 3.19. The Morgan fingerprint density at radius 2 is 1.72 bits per heavy atom. The lowest BCUT2D eigenvalue weighted by Crippen LogP contribution is -2.65. The maximum absolute atomic E-state index is 11.2. The van der Waals surface area contributed by atoms with Gasteiger partial charge in [-0.05, 0) is 116 Å². The number of allylic oxidation sites excluding steroid dienone is 3. The molecule has 0 aromatic carbocycles. The standard InChI is InChI=1S/C33H48O3/c1-21(2)23-13-17-33(20-34)19-18-31(6)24(28(23)33)9-10-26-30(5)15-12-22(8-11-27(35)36)29(3,4)25(30)14-16-32(26,31)7/h12,23-26,28,34H,1,9-10,13-20H2,2-7H3,(H,35,36)/t23-,24+,25-,26+,28+,30-,31+,32+,33+/m0/s1. The quantitative estimate of drug-likeness (QED) is 0.315. The number of carboxylic acid groups (broad SMARTS) is 1. The van der Waals surface area contributed by atoms with Gasteiger partial charge in [-0.15, -0.1) is 0 Å². The first kappa shape index (κ1) is 26.1. The van der Waals surface area contributed by atoms with E-state index in [-0.39, 0.29) is 27.1 Å². The maximum Gasteiger partial charge on any atom is 0.382 e. The molecule has 4 fully saturated rings. The number of hydrogen-bond acceptors (Lipinski definition) is 2. The first-order chi connectivity index (χ1) is 16.8. The van der Waals surface area contributed by atoms with Crippen molar-refractivity contribution < 1.29 is 15.0 Å². The summed E-state index contributed by atoms with van der Waals surface area (Å²) in [4.78, 5) is 11.2. The summed E-state index contributed by atoms with van der Waals surface area (Å²) >= 11 is 0. The number of carboxylic acids is 1. The van der Waals surface area contributed by atoms with E-state index in [0.717, 1.165) is 24.8 Å². The van der Waals surface area contributed by atoms with Crippen LogP contribution in [0.5, 0.6) is 0 Å². The molecule has 0 heterocycles. The van der Waals surface area contributed by atoms with Crippen LogP contribution in [0.15, 0.2) is 23.8 Å². The van der Waals surface area contributed by atoms with Gasteiger partial charge in [0, 0.05) is 23.5 Å². The summed E-state index contributed by atoms with van der Waals surface area (Å²) in [6, 6.07) is 0. The highest BCUT2D eigenvalue weighted by Gasteiger charge is 2.70. The second-order valence-electron chi connectivity index (χ2n) is 14.8. The van der Waals surface area contributed by atoms with Gasteiger partial charge in [-0.3, -0.25) is 0 Å². The molecule has 0 bridgehead atoms. The molecule has 2 N–H and O–H groups in total. The number of aliphatic hydroxyl groups excluding tert-OH is 1. The molecular formula is C33H48O3. The Kier molecular flexibility index (Phi) is 5.97. The van der Waals surface area contributed by atoms with Gasteiger partial charge in [0.25, 0.3) is 0 Å². The maximum atomic E-state index is 11.2. The number of fused-ring (bicyclic) bond motifs is 7. The Balaban J connectivity index is 1.54. The van der Waals surface area contributed by atoms with Crippen molar-refractivity contribution in [2.45, 2.75) is 99.3 Å². The van der Waals surface area contributed by atoms with Crippen molar-refractivity contribution in [3.63, 3.8) is 0 Å². The van der Waals surface area contributed by atoms with E-state index >= 15 is 0 Å². The lowest BCUT2D eigenvalue weighted by molar-refractivity contribution is -0.229. The molecule has 0 radical (unpaired) electrons. The normalized spacial score (nSPS) is 48.8. The zero-order chi connectivity index (χ0) is 26.3. The molecule has 9 atom stereocenters. The smallest absolute Gasteiger partial charge is 0.382 e. The fourth-order valence-corrected chi connectivity index (χ4v) is 11.5. The Morgan fingerprint density at radius 1 is 1.00 bits per heavy atom. The van der Waals surface area contributed by atoms with Crippen LogP contribution in [0.25, 0.3) is 0 Å². The summed E-state index contributed by atoms with van der Waals surface area (Å²) in [5.41, 5.74) is 3.11. The van der Waals surface area contributed by atoms with E-state index in [1.54, 1.807) is 0 Å². The molecule has 5 aliphatic carbocycles. The lowest BCUT2D eigenvalue weighted by atomic mass is 9.32. The van der Waals surface area contributed by atoms with Gasteiger partial charge in [-0.1, -0.05) is 58.8 Å². The zero-order valence-electron chi connectivity index (χ0n) is 23.5. The predicted octanol–water partition coefficient (Wildman–Crippen LogP) is 7.26. The molecular weight excluding hydrogens is 444 g/mol. The van der Waals surface area contributed by atoms with Gasteiger partial charge < -0.3 is 10.2 Å². The third kappa shape index (κ3) is 3.25. The SMILES string of the molecule is C=C(C)[C@@H]1CC[C@]2(CO)CC[C@]3(C)[C@H](CC[C@@H]4[C@@]5(C)CC=C(C#CC(=O)O)C(C)(C)[C@@H]5CC[C@]43C)[C@@H]12. The van der Waals surface area contributed by atoms with Crippen molar-refractivity contribution in [1.82, 2.24) is 0 Å². The average molecular weight is 493 g/mol. The number of aliphatic carboxylic acids is 1. The number of rotatable bonds is 2. The van der Waals surface area contributed by atoms with Crippen LogP contribution in [0.2, 0.25) is 0 Å². The van der Waals surface area contributed by atoms with E-state index in [1.165, 1.54) is 44.1 Å². The van der Waals surface area contributed by atoms with Gasteiger partial charge in [-0.2, -0.15) is 0 Å². The summed E-state index contributed by atoms with van der Waals surface area (Å²) in [6.07, 6.45) is 13.0. The minimum atomic E-state index is -1.04. The van der Waals surface area contributed by atoms with Crippen molar-refractivity contribution in [3.05, 3.63) is 23.8 Å². The predicted molar refractivity (Wildman–Crippen MR) is 145 cm³/mol. The van der Waals surface area contributed by atoms with E-state index in [0.29, 0.717) is 36.2 Å². The molecule has 36 heavy (non-hydrogen) atoms. The lowest BCUT2D eigenvalue weighted by Gasteiger charge is -2.72. The molecule has 0 spiro atoms. The molecule has 0 saturated heterocycles. The largest absolute Gasteiger partial charge is 0.472 e. The number of carbonyl (C=O) groups is 1. The minimum Gasteiger partial charge on any atom is -0.472 e. The van der Waals surface area contributed by atoms with Gasteiger partial charge >= 0.3 is 5.97 Å². The van der Waals surface area contributed by atoms with Crippen molar-refractivity contribution >= 4 is 5.97 Å². The molecule has 5 rings (SSSR count). The highest BCUT2D eigenvalue weighted by atomic mass is 16.4. The molecule has 3 heteroatoms. The van der Waals surface area contributed by atoms with Gasteiger partial charge in [0.15, 0.2) is 0 Å². The molecule has 0 amide bonds. The van der Waals surface area contributed by atoms with Crippen LogP contribution in [0.1, 0.15) is 99.3 Å². The van der Waals surface area contributed by atoms with E-state index in [4.69, 9.17) is 5.11 Å². The third-order valence-corrected chi connectivity index (χ3v) is 13.4. The Labute approximate surface area is 219 Å². The zero-order valence-corrected chi connectivity index (χ0v) is 23.5. The van der Waals surface area contributed by atoms with Crippen LogP contribution in [0.4, 0.5) is 0 Å². The first-order valence-corrected chi connectivity index (χ1v) is 14.5. The molecule has 0 aromatic heterocycles. The third-order valence-electron chi connectivity index (χ3n) is 13.4. The summed E-state index contributed by atoms with van der Waals surface area (Å²) in [6.45, 7) is 19.4. The van der Waals surface area contributed by atoms with Gasteiger partial charge in [-0.25, -0.2) is 4.79 Å². The Morgan fingerprint density at radius 3 is 2.36 bits per heavy atom. The summed E-state index contributed by atoms with van der Waals surface area (Å²) in [7, 11) is 0. The Hall–Kier alpha value is -1.53. The Bertz CT molecular complexity index is 1060. The molecule has 0 unspecified atom stereocenters. The number of aliphatic hydroxyl groups is 1. The van der Waals surface area contributed by atoms with Crippen LogP contribution >= 0.6 is 0 Å². The molecule has 5 aliphatic rings. The summed E-state index contributed by atoms with van der Waals surface area (Å²) in [5, 5.41) is 19.9.